The summed E-state index contributed by atoms with van der Waals surface area (Å²) in [4.78, 5) is 24.6. The molecule has 0 saturated heterocycles. The van der Waals surface area contributed by atoms with Crippen LogP contribution in [0.15, 0.2) is 36.0 Å². The first kappa shape index (κ1) is 11.7. The normalized spacial score (nSPS) is 10.6. The van der Waals surface area contributed by atoms with Crippen LogP contribution in [0, 0.1) is 6.92 Å². The standard InChI is InChI=1S/C13H10N4OS/c1-8-7-19-13(16-8)17-12(18)9-2-3-10-11(6-9)15-5-4-14-10/h2-7H,1H3,(H,16,17,18). The van der Waals surface area contributed by atoms with Crippen molar-refractivity contribution >= 4 is 33.4 Å². The predicted octanol–water partition coefficient (Wildman–Crippen LogP) is 2.65. The monoisotopic (exact) mass is 270 g/mol. The Morgan fingerprint density at radius 2 is 2.00 bits per heavy atom. The Hall–Kier alpha value is -2.34. The highest BCUT2D eigenvalue weighted by atomic mass is 32.1. The number of fused-ring (bicyclic) bond motifs is 1. The van der Waals surface area contributed by atoms with E-state index in [-0.39, 0.29) is 5.91 Å². The number of aryl methyl sites for hydroxylation is 1. The van der Waals surface area contributed by atoms with Crippen LogP contribution >= 0.6 is 11.3 Å². The van der Waals surface area contributed by atoms with E-state index in [1.54, 1.807) is 30.6 Å². The largest absolute Gasteiger partial charge is 0.298 e. The maximum atomic E-state index is 12.1. The minimum absolute atomic E-state index is 0.193. The molecule has 94 valence electrons. The minimum atomic E-state index is -0.193. The fraction of sp³-hybridized carbons (Fsp3) is 0.0769. The van der Waals surface area contributed by atoms with E-state index in [0.717, 1.165) is 11.2 Å². The number of nitrogens with one attached hydrogen (secondary N) is 1. The first-order valence-corrected chi connectivity index (χ1v) is 6.54. The summed E-state index contributed by atoms with van der Waals surface area (Å²) >= 11 is 1.41. The van der Waals surface area contributed by atoms with Gasteiger partial charge in [0.05, 0.1) is 16.7 Å². The van der Waals surface area contributed by atoms with Crippen LogP contribution in [0.3, 0.4) is 0 Å². The van der Waals surface area contributed by atoms with Crippen molar-refractivity contribution in [3.63, 3.8) is 0 Å². The van der Waals surface area contributed by atoms with Gasteiger partial charge in [-0.25, -0.2) is 4.98 Å². The molecule has 1 amide bonds. The maximum absolute atomic E-state index is 12.1. The van der Waals surface area contributed by atoms with Crippen molar-refractivity contribution in [3.05, 3.63) is 47.2 Å². The van der Waals surface area contributed by atoms with Gasteiger partial charge >= 0.3 is 0 Å². The van der Waals surface area contributed by atoms with E-state index >= 15 is 0 Å². The third-order valence-electron chi connectivity index (χ3n) is 2.57. The van der Waals surface area contributed by atoms with Gasteiger partial charge in [0.15, 0.2) is 5.13 Å². The first-order valence-electron chi connectivity index (χ1n) is 5.66. The van der Waals surface area contributed by atoms with Gasteiger partial charge < -0.3 is 0 Å². The van der Waals surface area contributed by atoms with Crippen LogP contribution in [-0.2, 0) is 0 Å². The Morgan fingerprint density at radius 3 is 2.74 bits per heavy atom. The second-order valence-corrected chi connectivity index (χ2v) is 4.87. The van der Waals surface area contributed by atoms with Gasteiger partial charge in [-0.2, -0.15) is 0 Å². The Bertz CT molecular complexity index is 753. The molecule has 0 radical (unpaired) electrons. The van der Waals surface area contributed by atoms with E-state index in [0.29, 0.717) is 16.2 Å². The molecule has 1 aromatic carbocycles. The Kier molecular flexibility index (Phi) is 2.92. The van der Waals surface area contributed by atoms with Crippen LogP contribution in [0.25, 0.3) is 11.0 Å². The lowest BCUT2D eigenvalue weighted by molar-refractivity contribution is 0.102. The molecule has 6 heteroatoms. The topological polar surface area (TPSA) is 67.8 Å². The summed E-state index contributed by atoms with van der Waals surface area (Å²) in [6.07, 6.45) is 3.23. The average Bonchev–Trinajstić information content (AvgIpc) is 2.83. The lowest BCUT2D eigenvalue weighted by Gasteiger charge is -2.02. The van der Waals surface area contributed by atoms with Crippen LogP contribution in [0.1, 0.15) is 16.1 Å². The van der Waals surface area contributed by atoms with Crippen LogP contribution in [-0.4, -0.2) is 20.9 Å². The van der Waals surface area contributed by atoms with Gasteiger partial charge in [0.25, 0.3) is 5.91 Å². The van der Waals surface area contributed by atoms with Crippen molar-refractivity contribution in [1.29, 1.82) is 0 Å². The number of hydrogen-bond donors (Lipinski definition) is 1. The molecule has 3 rings (SSSR count). The molecule has 5 nitrogen and oxygen atoms in total. The molecule has 0 fully saturated rings. The minimum Gasteiger partial charge on any atom is -0.298 e. The number of carbonyl (C=O) groups is 1. The Balaban J connectivity index is 1.89. The molecule has 0 spiro atoms. The highest BCUT2D eigenvalue weighted by Crippen LogP contribution is 2.17. The van der Waals surface area contributed by atoms with Crippen molar-refractivity contribution in [2.75, 3.05) is 5.32 Å². The number of carbonyl (C=O) groups excluding carboxylic acids is 1. The van der Waals surface area contributed by atoms with Gasteiger partial charge in [0, 0.05) is 23.3 Å². The molecule has 0 aliphatic heterocycles. The number of nitrogens with zero attached hydrogens (tertiary/aromatic N) is 3. The summed E-state index contributed by atoms with van der Waals surface area (Å²) in [7, 11) is 0. The SMILES string of the molecule is Cc1csc(NC(=O)c2ccc3nccnc3c2)n1. The van der Waals surface area contributed by atoms with Crippen molar-refractivity contribution in [1.82, 2.24) is 15.0 Å². The zero-order valence-corrected chi connectivity index (χ0v) is 10.9. The molecule has 0 atom stereocenters. The van der Waals surface area contributed by atoms with Gasteiger partial charge in [0.1, 0.15) is 0 Å². The molecule has 2 aromatic heterocycles. The van der Waals surface area contributed by atoms with Gasteiger partial charge in [-0.1, -0.05) is 0 Å². The Labute approximate surface area is 113 Å². The summed E-state index contributed by atoms with van der Waals surface area (Å²) in [6.45, 7) is 1.89. The van der Waals surface area contributed by atoms with E-state index in [2.05, 4.69) is 20.3 Å². The molecule has 0 unspecified atom stereocenters. The molecule has 3 aromatic rings. The lowest BCUT2D eigenvalue weighted by atomic mass is 10.2. The van der Waals surface area contributed by atoms with Crippen molar-refractivity contribution in [2.45, 2.75) is 6.92 Å². The zero-order chi connectivity index (χ0) is 13.2. The van der Waals surface area contributed by atoms with E-state index in [4.69, 9.17) is 0 Å². The molecule has 19 heavy (non-hydrogen) atoms. The number of thiazole rings is 1. The molecule has 1 N–H and O–H groups in total. The van der Waals surface area contributed by atoms with Gasteiger partial charge in [-0.3, -0.25) is 20.1 Å². The second kappa shape index (κ2) is 4.74. The molecule has 0 bridgehead atoms. The number of aromatic nitrogens is 3. The highest BCUT2D eigenvalue weighted by Gasteiger charge is 2.09. The average molecular weight is 270 g/mol. The number of hydrogen-bond acceptors (Lipinski definition) is 5. The van der Waals surface area contributed by atoms with Crippen molar-refractivity contribution < 1.29 is 4.79 Å². The predicted molar refractivity (Wildman–Crippen MR) is 74.3 cm³/mol. The van der Waals surface area contributed by atoms with Gasteiger partial charge in [0.2, 0.25) is 0 Å². The van der Waals surface area contributed by atoms with E-state index in [1.807, 2.05) is 12.3 Å². The fourth-order valence-electron chi connectivity index (χ4n) is 1.69. The number of anilines is 1. The molecular formula is C13H10N4OS. The molecule has 0 aliphatic rings. The van der Waals surface area contributed by atoms with E-state index in [1.165, 1.54) is 11.3 Å². The molecule has 0 saturated carbocycles. The summed E-state index contributed by atoms with van der Waals surface area (Å²) in [6, 6.07) is 5.23. The van der Waals surface area contributed by atoms with E-state index in [9.17, 15) is 4.79 Å². The first-order chi connectivity index (χ1) is 9.22. The molecule has 2 heterocycles. The second-order valence-electron chi connectivity index (χ2n) is 4.01. The van der Waals surface area contributed by atoms with Crippen LogP contribution in [0.5, 0.6) is 0 Å². The molecular weight excluding hydrogens is 260 g/mol. The number of rotatable bonds is 2. The highest BCUT2D eigenvalue weighted by molar-refractivity contribution is 7.13. The van der Waals surface area contributed by atoms with Crippen LogP contribution in [0.4, 0.5) is 5.13 Å². The molecule has 0 aliphatic carbocycles. The van der Waals surface area contributed by atoms with Crippen LogP contribution in [0.2, 0.25) is 0 Å². The summed E-state index contributed by atoms with van der Waals surface area (Å²) in [5.41, 5.74) is 2.90. The maximum Gasteiger partial charge on any atom is 0.257 e. The Morgan fingerprint density at radius 1 is 1.21 bits per heavy atom. The summed E-state index contributed by atoms with van der Waals surface area (Å²) < 4.78 is 0. The lowest BCUT2D eigenvalue weighted by Crippen LogP contribution is -2.11. The van der Waals surface area contributed by atoms with Gasteiger partial charge in [-0.05, 0) is 25.1 Å². The van der Waals surface area contributed by atoms with E-state index < -0.39 is 0 Å². The number of benzene rings is 1. The van der Waals surface area contributed by atoms with Crippen molar-refractivity contribution in [3.8, 4) is 0 Å². The van der Waals surface area contributed by atoms with Crippen molar-refractivity contribution in [2.24, 2.45) is 0 Å². The third kappa shape index (κ3) is 2.43. The van der Waals surface area contributed by atoms with Gasteiger partial charge in [-0.15, -0.1) is 11.3 Å². The summed E-state index contributed by atoms with van der Waals surface area (Å²) in [5, 5.41) is 5.25. The third-order valence-corrected chi connectivity index (χ3v) is 3.45. The summed E-state index contributed by atoms with van der Waals surface area (Å²) in [5.74, 6) is -0.193. The fourth-order valence-corrected chi connectivity index (χ4v) is 2.37. The number of amides is 1. The zero-order valence-electron chi connectivity index (χ0n) is 10.1. The van der Waals surface area contributed by atoms with Crippen LogP contribution < -0.4 is 5.32 Å². The smallest absolute Gasteiger partial charge is 0.257 e. The quantitative estimate of drug-likeness (QED) is 0.777.